The lowest BCUT2D eigenvalue weighted by atomic mass is 10.1. The third-order valence-corrected chi connectivity index (χ3v) is 1.51. The molecule has 0 amide bonds. The normalized spacial score (nSPS) is 28.1. The second-order valence-electron chi connectivity index (χ2n) is 2.17. The summed E-state index contributed by atoms with van der Waals surface area (Å²) in [7, 11) is 0. The van der Waals surface area contributed by atoms with Crippen LogP contribution < -0.4 is 0 Å². The van der Waals surface area contributed by atoms with Gasteiger partial charge in [-0.05, 0) is 19.3 Å². The number of alkyl halides is 1. The van der Waals surface area contributed by atoms with Crippen molar-refractivity contribution < 1.29 is 4.39 Å². The van der Waals surface area contributed by atoms with Crippen LogP contribution in [0.1, 0.15) is 19.3 Å². The smallest absolute Gasteiger partial charge is 0.190 e. The van der Waals surface area contributed by atoms with Crippen molar-refractivity contribution in [3.63, 3.8) is 0 Å². The molecule has 0 aromatic heterocycles. The topological polar surface area (TPSA) is 32.7 Å². The summed E-state index contributed by atoms with van der Waals surface area (Å²) in [6, 6.07) is 0. The Bertz CT molecular complexity index is 109. The van der Waals surface area contributed by atoms with E-state index in [4.69, 9.17) is 0 Å². The average molecular weight is 132 g/mol. The second-order valence-corrected chi connectivity index (χ2v) is 2.17. The molecule has 1 saturated heterocycles. The number of piperidine rings is 1. The van der Waals surface area contributed by atoms with E-state index >= 15 is 0 Å². The van der Waals surface area contributed by atoms with Gasteiger partial charge in [-0.25, -0.2) is 9.40 Å². The third-order valence-electron chi connectivity index (χ3n) is 1.51. The lowest BCUT2D eigenvalue weighted by molar-refractivity contribution is 0.0476. The molecule has 52 valence electrons. The minimum absolute atomic E-state index is 0.450. The number of rotatable bonds is 1. The second kappa shape index (κ2) is 2.75. The molecule has 0 aromatic rings. The maximum absolute atomic E-state index is 12.5. The van der Waals surface area contributed by atoms with Gasteiger partial charge in [0.25, 0.3) is 0 Å². The summed E-state index contributed by atoms with van der Waals surface area (Å²) in [5, 5.41) is 3.50. The van der Waals surface area contributed by atoms with Crippen LogP contribution >= 0.6 is 0 Å². The van der Waals surface area contributed by atoms with Crippen LogP contribution in [-0.2, 0) is 0 Å². The summed E-state index contributed by atoms with van der Waals surface area (Å²) in [5.74, 6) is 0. The number of nitrogens with zero attached hydrogens (tertiary/aromatic N) is 2. The molecular formula is C5H9FN2O. The van der Waals surface area contributed by atoms with Crippen molar-refractivity contribution in [3.05, 3.63) is 4.91 Å². The van der Waals surface area contributed by atoms with E-state index in [1.165, 1.54) is 0 Å². The average Bonchev–Trinajstić information content (AvgIpc) is 1.89. The Kier molecular flexibility index (Phi) is 1.97. The first-order valence-corrected chi connectivity index (χ1v) is 3.08. The first kappa shape index (κ1) is 6.45. The minimum atomic E-state index is -1.13. The zero-order valence-corrected chi connectivity index (χ0v) is 5.09. The van der Waals surface area contributed by atoms with Crippen molar-refractivity contribution in [2.75, 3.05) is 6.54 Å². The van der Waals surface area contributed by atoms with E-state index in [9.17, 15) is 9.30 Å². The van der Waals surface area contributed by atoms with Gasteiger partial charge in [-0.2, -0.15) is 0 Å². The van der Waals surface area contributed by atoms with Crippen molar-refractivity contribution in [1.82, 2.24) is 5.01 Å². The summed E-state index contributed by atoms with van der Waals surface area (Å²) in [6.07, 6.45) is 1.07. The SMILES string of the molecule is O=NN1CCCCC1F. The van der Waals surface area contributed by atoms with E-state index in [1.807, 2.05) is 0 Å². The van der Waals surface area contributed by atoms with Gasteiger partial charge in [0, 0.05) is 6.54 Å². The number of nitroso groups, excluding NO2 is 1. The van der Waals surface area contributed by atoms with E-state index in [1.54, 1.807) is 0 Å². The van der Waals surface area contributed by atoms with Crippen molar-refractivity contribution >= 4 is 0 Å². The van der Waals surface area contributed by atoms with Crippen LogP contribution in [-0.4, -0.2) is 17.8 Å². The monoisotopic (exact) mass is 132 g/mol. The molecule has 0 saturated carbocycles. The first-order chi connectivity index (χ1) is 4.34. The van der Waals surface area contributed by atoms with Gasteiger partial charge in [0.05, 0.1) is 5.29 Å². The molecule has 1 aliphatic heterocycles. The Hall–Kier alpha value is -0.670. The molecule has 0 radical (unpaired) electrons. The van der Waals surface area contributed by atoms with Crippen molar-refractivity contribution in [1.29, 1.82) is 0 Å². The Morgan fingerprint density at radius 2 is 2.33 bits per heavy atom. The van der Waals surface area contributed by atoms with E-state index in [-0.39, 0.29) is 0 Å². The molecular weight excluding hydrogens is 123 g/mol. The fraction of sp³-hybridized carbons (Fsp3) is 1.00. The lowest BCUT2D eigenvalue weighted by Crippen LogP contribution is -2.31. The van der Waals surface area contributed by atoms with Crippen molar-refractivity contribution in [3.8, 4) is 0 Å². The van der Waals surface area contributed by atoms with Gasteiger partial charge < -0.3 is 0 Å². The molecule has 1 aliphatic rings. The quantitative estimate of drug-likeness (QED) is 0.399. The zero-order valence-electron chi connectivity index (χ0n) is 5.09. The predicted octanol–water partition coefficient (Wildman–Crippen LogP) is 1.45. The molecule has 0 bridgehead atoms. The molecule has 0 spiro atoms. The molecule has 0 aromatic carbocycles. The van der Waals surface area contributed by atoms with Gasteiger partial charge in [-0.15, -0.1) is 4.91 Å². The van der Waals surface area contributed by atoms with Crippen LogP contribution in [0.2, 0.25) is 0 Å². The highest BCUT2D eigenvalue weighted by Crippen LogP contribution is 2.17. The Morgan fingerprint density at radius 1 is 1.56 bits per heavy atom. The largest absolute Gasteiger partial charge is 0.228 e. The summed E-state index contributed by atoms with van der Waals surface area (Å²) in [6.45, 7) is 0.477. The number of hydrogen-bond donors (Lipinski definition) is 0. The third kappa shape index (κ3) is 1.37. The molecule has 0 N–H and O–H groups in total. The molecule has 1 fully saturated rings. The molecule has 1 rings (SSSR count). The fourth-order valence-corrected chi connectivity index (χ4v) is 0.968. The standard InChI is InChI=1S/C5H9FN2O/c6-5-3-1-2-4-8(5)7-9/h5H,1-4H2. The number of hydrogen-bond acceptors (Lipinski definition) is 2. The van der Waals surface area contributed by atoms with Gasteiger partial charge in [-0.3, -0.25) is 0 Å². The predicted molar refractivity (Wildman–Crippen MR) is 31.2 cm³/mol. The van der Waals surface area contributed by atoms with Crippen LogP contribution in [0.15, 0.2) is 5.29 Å². The molecule has 1 heterocycles. The van der Waals surface area contributed by atoms with E-state index < -0.39 is 6.30 Å². The molecule has 1 unspecified atom stereocenters. The van der Waals surface area contributed by atoms with Gasteiger partial charge >= 0.3 is 0 Å². The highest BCUT2D eigenvalue weighted by Gasteiger charge is 2.20. The van der Waals surface area contributed by atoms with Crippen molar-refractivity contribution in [2.24, 2.45) is 5.29 Å². The summed E-state index contributed by atoms with van der Waals surface area (Å²) < 4.78 is 12.5. The molecule has 1 atom stereocenters. The molecule has 4 heteroatoms. The Balaban J connectivity index is 2.38. The Labute approximate surface area is 52.8 Å². The summed E-state index contributed by atoms with van der Waals surface area (Å²) >= 11 is 0. The highest BCUT2D eigenvalue weighted by molar-refractivity contribution is 4.64. The van der Waals surface area contributed by atoms with Crippen LogP contribution in [0.4, 0.5) is 4.39 Å². The van der Waals surface area contributed by atoms with Crippen LogP contribution in [0.3, 0.4) is 0 Å². The van der Waals surface area contributed by atoms with E-state index in [0.29, 0.717) is 13.0 Å². The molecule has 9 heavy (non-hydrogen) atoms. The van der Waals surface area contributed by atoms with Gasteiger partial charge in [0.15, 0.2) is 6.30 Å². The van der Waals surface area contributed by atoms with Gasteiger partial charge in [0.1, 0.15) is 0 Å². The van der Waals surface area contributed by atoms with Gasteiger partial charge in [0.2, 0.25) is 0 Å². The van der Waals surface area contributed by atoms with Gasteiger partial charge in [-0.1, -0.05) is 0 Å². The van der Waals surface area contributed by atoms with E-state index in [0.717, 1.165) is 17.9 Å². The molecule has 0 aliphatic carbocycles. The van der Waals surface area contributed by atoms with Crippen LogP contribution in [0, 0.1) is 4.91 Å². The fourth-order valence-electron chi connectivity index (χ4n) is 0.968. The summed E-state index contributed by atoms with van der Waals surface area (Å²) in [5.41, 5.74) is 0. The number of halogens is 1. The minimum Gasteiger partial charge on any atom is -0.228 e. The Morgan fingerprint density at radius 3 is 2.78 bits per heavy atom. The lowest BCUT2D eigenvalue weighted by Gasteiger charge is -2.23. The van der Waals surface area contributed by atoms with E-state index in [2.05, 4.69) is 5.29 Å². The van der Waals surface area contributed by atoms with Crippen LogP contribution in [0.5, 0.6) is 0 Å². The maximum atomic E-state index is 12.5. The maximum Gasteiger partial charge on any atom is 0.190 e. The zero-order chi connectivity index (χ0) is 6.69. The molecule has 3 nitrogen and oxygen atoms in total. The summed E-state index contributed by atoms with van der Waals surface area (Å²) in [4.78, 5) is 9.81. The van der Waals surface area contributed by atoms with Crippen LogP contribution in [0.25, 0.3) is 0 Å². The first-order valence-electron chi connectivity index (χ1n) is 3.08. The van der Waals surface area contributed by atoms with Crippen molar-refractivity contribution in [2.45, 2.75) is 25.6 Å². The highest BCUT2D eigenvalue weighted by atomic mass is 19.1.